The average Bonchev–Trinajstić information content (AvgIpc) is 2.24. The summed E-state index contributed by atoms with van der Waals surface area (Å²) in [6, 6.07) is 7.35. The van der Waals surface area contributed by atoms with E-state index in [2.05, 4.69) is 5.32 Å². The van der Waals surface area contributed by atoms with Gasteiger partial charge in [-0.3, -0.25) is 0 Å². The summed E-state index contributed by atoms with van der Waals surface area (Å²) in [5.41, 5.74) is 7.96. The number of nitrogens with one attached hydrogen (secondary N) is 1. The van der Waals surface area contributed by atoms with Crippen LogP contribution in [0.4, 0.5) is 25.8 Å². The minimum Gasteiger partial charge on any atom is -0.397 e. The molecular formula is C13H11F2IN2. The number of hydrogen-bond donors (Lipinski definition) is 2. The summed E-state index contributed by atoms with van der Waals surface area (Å²) in [7, 11) is 0. The van der Waals surface area contributed by atoms with Gasteiger partial charge in [0.15, 0.2) is 0 Å². The van der Waals surface area contributed by atoms with Crippen LogP contribution in [-0.4, -0.2) is 0 Å². The van der Waals surface area contributed by atoms with E-state index in [4.69, 9.17) is 5.73 Å². The van der Waals surface area contributed by atoms with Gasteiger partial charge in [-0.15, -0.1) is 0 Å². The second kappa shape index (κ2) is 5.09. The van der Waals surface area contributed by atoms with E-state index in [9.17, 15) is 8.78 Å². The lowest BCUT2D eigenvalue weighted by molar-refractivity contribution is 0.621. The zero-order valence-electron chi connectivity index (χ0n) is 9.60. The molecule has 0 radical (unpaired) electrons. The minimum atomic E-state index is -0.361. The van der Waals surface area contributed by atoms with Crippen LogP contribution < -0.4 is 11.1 Å². The molecule has 2 aromatic rings. The first-order valence-electron chi connectivity index (χ1n) is 5.24. The van der Waals surface area contributed by atoms with Gasteiger partial charge in [0.1, 0.15) is 11.6 Å². The first kappa shape index (κ1) is 13.1. The zero-order chi connectivity index (χ0) is 13.3. The van der Waals surface area contributed by atoms with E-state index in [1.54, 1.807) is 13.0 Å². The summed E-state index contributed by atoms with van der Waals surface area (Å²) in [6.45, 7) is 1.78. The van der Waals surface area contributed by atoms with Gasteiger partial charge < -0.3 is 11.1 Å². The summed E-state index contributed by atoms with van der Waals surface area (Å²) in [5, 5.41) is 2.91. The smallest absolute Gasteiger partial charge is 0.138 e. The fourth-order valence-corrected chi connectivity index (χ4v) is 2.13. The van der Waals surface area contributed by atoms with Crippen molar-refractivity contribution >= 4 is 39.7 Å². The fourth-order valence-electron chi connectivity index (χ4n) is 1.63. The van der Waals surface area contributed by atoms with E-state index in [1.807, 2.05) is 22.6 Å². The molecule has 0 bridgehead atoms. The van der Waals surface area contributed by atoms with Crippen LogP contribution >= 0.6 is 22.6 Å². The highest BCUT2D eigenvalue weighted by Crippen LogP contribution is 2.27. The van der Waals surface area contributed by atoms with Crippen molar-refractivity contribution in [3.63, 3.8) is 0 Å². The Labute approximate surface area is 117 Å². The molecular weight excluding hydrogens is 349 g/mol. The molecule has 0 atom stereocenters. The Morgan fingerprint density at radius 3 is 2.50 bits per heavy atom. The molecule has 2 rings (SSSR count). The Hall–Kier alpha value is -1.37. The standard InChI is InChI=1S/C13H11F2IN2/c1-7-2-8(14)4-9(3-7)18-13-5-10(15)11(16)6-12(13)17/h2-6,18H,17H2,1H3. The molecule has 94 valence electrons. The van der Waals surface area contributed by atoms with Crippen LogP contribution in [0.3, 0.4) is 0 Å². The number of aryl methyl sites for hydroxylation is 1. The van der Waals surface area contributed by atoms with Gasteiger partial charge in [-0.1, -0.05) is 0 Å². The third-order valence-corrected chi connectivity index (χ3v) is 3.24. The van der Waals surface area contributed by atoms with E-state index in [0.29, 0.717) is 20.6 Å². The van der Waals surface area contributed by atoms with Crippen molar-refractivity contribution in [1.29, 1.82) is 0 Å². The Kier molecular flexibility index (Phi) is 3.70. The van der Waals surface area contributed by atoms with Gasteiger partial charge in [0.05, 0.1) is 14.9 Å². The molecule has 0 fully saturated rings. The zero-order valence-corrected chi connectivity index (χ0v) is 11.8. The molecule has 0 heterocycles. The van der Waals surface area contributed by atoms with Crippen LogP contribution in [0.2, 0.25) is 0 Å². The van der Waals surface area contributed by atoms with Crippen molar-refractivity contribution in [2.75, 3.05) is 11.1 Å². The molecule has 0 aliphatic rings. The first-order chi connectivity index (χ1) is 8.45. The van der Waals surface area contributed by atoms with Crippen LogP contribution in [0.15, 0.2) is 30.3 Å². The van der Waals surface area contributed by atoms with E-state index >= 15 is 0 Å². The lowest BCUT2D eigenvalue weighted by Gasteiger charge is -2.11. The summed E-state index contributed by atoms with van der Waals surface area (Å²) < 4.78 is 27.1. The summed E-state index contributed by atoms with van der Waals surface area (Å²) in [6.07, 6.45) is 0. The van der Waals surface area contributed by atoms with Gasteiger partial charge in [-0.25, -0.2) is 8.78 Å². The van der Waals surface area contributed by atoms with Gasteiger partial charge in [0.2, 0.25) is 0 Å². The van der Waals surface area contributed by atoms with Gasteiger partial charge in [0, 0.05) is 11.8 Å². The van der Waals surface area contributed by atoms with Crippen molar-refractivity contribution in [2.45, 2.75) is 6.92 Å². The van der Waals surface area contributed by atoms with Gasteiger partial charge in [0.25, 0.3) is 0 Å². The topological polar surface area (TPSA) is 38.0 Å². The van der Waals surface area contributed by atoms with E-state index in [-0.39, 0.29) is 11.6 Å². The second-order valence-corrected chi connectivity index (χ2v) is 5.16. The highest BCUT2D eigenvalue weighted by Gasteiger charge is 2.07. The van der Waals surface area contributed by atoms with Crippen molar-refractivity contribution in [1.82, 2.24) is 0 Å². The number of halogens is 3. The SMILES string of the molecule is Cc1cc(F)cc(Nc2cc(F)c(I)cc2N)c1. The van der Waals surface area contributed by atoms with Crippen molar-refractivity contribution < 1.29 is 8.78 Å². The van der Waals surface area contributed by atoms with E-state index < -0.39 is 0 Å². The van der Waals surface area contributed by atoms with Gasteiger partial charge >= 0.3 is 0 Å². The molecule has 0 saturated carbocycles. The molecule has 0 aliphatic heterocycles. The van der Waals surface area contributed by atoms with Gasteiger partial charge in [-0.05, 0) is 59.3 Å². The molecule has 0 spiro atoms. The number of nitrogen functional groups attached to an aromatic ring is 1. The maximum atomic E-state index is 13.4. The van der Waals surface area contributed by atoms with E-state index in [1.165, 1.54) is 24.3 Å². The quantitative estimate of drug-likeness (QED) is 0.622. The molecule has 0 aliphatic carbocycles. The average molecular weight is 360 g/mol. The number of hydrogen-bond acceptors (Lipinski definition) is 2. The molecule has 2 nitrogen and oxygen atoms in total. The number of anilines is 3. The maximum Gasteiger partial charge on any atom is 0.138 e. The minimum absolute atomic E-state index is 0.345. The molecule has 18 heavy (non-hydrogen) atoms. The molecule has 0 amide bonds. The third kappa shape index (κ3) is 2.90. The Morgan fingerprint density at radius 2 is 1.83 bits per heavy atom. The predicted octanol–water partition coefficient (Wildman–Crippen LogP) is 4.20. The van der Waals surface area contributed by atoms with Crippen LogP contribution in [0.1, 0.15) is 5.56 Å². The summed E-state index contributed by atoms with van der Waals surface area (Å²) >= 11 is 1.87. The van der Waals surface area contributed by atoms with Crippen LogP contribution in [0.5, 0.6) is 0 Å². The molecule has 0 aromatic heterocycles. The number of benzene rings is 2. The summed E-state index contributed by atoms with van der Waals surface area (Å²) in [5.74, 6) is -0.706. The molecule has 0 saturated heterocycles. The van der Waals surface area contributed by atoms with Crippen LogP contribution in [0, 0.1) is 22.1 Å². The molecule has 2 aromatic carbocycles. The highest BCUT2D eigenvalue weighted by molar-refractivity contribution is 14.1. The monoisotopic (exact) mass is 360 g/mol. The first-order valence-corrected chi connectivity index (χ1v) is 6.32. The lowest BCUT2D eigenvalue weighted by atomic mass is 10.2. The van der Waals surface area contributed by atoms with E-state index in [0.717, 1.165) is 5.56 Å². The highest BCUT2D eigenvalue weighted by atomic mass is 127. The van der Waals surface area contributed by atoms with Crippen molar-refractivity contribution in [3.8, 4) is 0 Å². The molecule has 0 unspecified atom stereocenters. The Bertz CT molecular complexity index is 580. The molecule has 5 heteroatoms. The number of rotatable bonds is 2. The van der Waals surface area contributed by atoms with Crippen LogP contribution in [-0.2, 0) is 0 Å². The fraction of sp³-hybridized carbons (Fsp3) is 0.0769. The Balaban J connectivity index is 2.36. The maximum absolute atomic E-state index is 13.4. The second-order valence-electron chi connectivity index (χ2n) is 4.00. The predicted molar refractivity (Wildman–Crippen MR) is 77.9 cm³/mol. The van der Waals surface area contributed by atoms with Crippen molar-refractivity contribution in [2.24, 2.45) is 0 Å². The number of nitrogens with two attached hydrogens (primary N) is 1. The van der Waals surface area contributed by atoms with Crippen molar-refractivity contribution in [3.05, 3.63) is 51.1 Å². The normalized spacial score (nSPS) is 10.4. The Morgan fingerprint density at radius 1 is 1.11 bits per heavy atom. The van der Waals surface area contributed by atoms with Crippen LogP contribution in [0.25, 0.3) is 0 Å². The largest absolute Gasteiger partial charge is 0.397 e. The third-order valence-electron chi connectivity index (χ3n) is 2.41. The van der Waals surface area contributed by atoms with Gasteiger partial charge in [-0.2, -0.15) is 0 Å². The lowest BCUT2D eigenvalue weighted by Crippen LogP contribution is -1.99. The molecule has 3 N–H and O–H groups in total. The summed E-state index contributed by atoms with van der Waals surface area (Å²) in [4.78, 5) is 0.